The van der Waals surface area contributed by atoms with Crippen LogP contribution in [0.5, 0.6) is 5.75 Å². The molecule has 6 heteroatoms. The van der Waals surface area contributed by atoms with Crippen molar-refractivity contribution in [2.75, 3.05) is 0 Å². The molecule has 0 radical (unpaired) electrons. The summed E-state index contributed by atoms with van der Waals surface area (Å²) < 4.78 is 0.821. The molecule has 0 bridgehead atoms. The van der Waals surface area contributed by atoms with E-state index in [-0.39, 0.29) is 12.2 Å². The smallest absolute Gasteiger partial charge is 0.326 e. The van der Waals surface area contributed by atoms with Crippen LogP contribution in [0, 0.1) is 0 Å². The van der Waals surface area contributed by atoms with Gasteiger partial charge in [0.15, 0.2) is 0 Å². The monoisotopic (exact) mass is 439 g/mol. The third kappa shape index (κ3) is 4.58. The Labute approximate surface area is 170 Å². The van der Waals surface area contributed by atoms with Gasteiger partial charge in [0.1, 0.15) is 11.8 Å². The number of carboxylic acid groups (broad SMARTS) is 1. The van der Waals surface area contributed by atoms with Crippen LogP contribution >= 0.6 is 15.9 Å². The molecule has 1 amide bonds. The second-order valence-corrected chi connectivity index (χ2v) is 7.11. The maximum absolute atomic E-state index is 12.4. The molecule has 0 unspecified atom stereocenters. The zero-order valence-electron chi connectivity index (χ0n) is 14.8. The van der Waals surface area contributed by atoms with Crippen molar-refractivity contribution in [3.63, 3.8) is 0 Å². The van der Waals surface area contributed by atoms with E-state index in [1.165, 1.54) is 6.07 Å². The second-order valence-electron chi connectivity index (χ2n) is 6.26. The van der Waals surface area contributed by atoms with Gasteiger partial charge in [-0.25, -0.2) is 4.79 Å². The molecule has 0 aliphatic heterocycles. The molecule has 28 heavy (non-hydrogen) atoms. The number of phenolic OH excluding ortho intramolecular Hbond substituents is 1. The van der Waals surface area contributed by atoms with Crippen molar-refractivity contribution in [3.8, 4) is 16.9 Å². The quantitative estimate of drug-likeness (QED) is 0.535. The van der Waals surface area contributed by atoms with Gasteiger partial charge in [-0.15, -0.1) is 0 Å². The van der Waals surface area contributed by atoms with E-state index in [2.05, 4.69) is 21.2 Å². The number of rotatable bonds is 6. The molecule has 0 heterocycles. The molecule has 3 aromatic rings. The summed E-state index contributed by atoms with van der Waals surface area (Å²) in [5.41, 5.74) is 2.62. The number of benzene rings is 3. The van der Waals surface area contributed by atoms with Crippen molar-refractivity contribution in [2.24, 2.45) is 0 Å². The number of carboxylic acids is 1. The summed E-state index contributed by atoms with van der Waals surface area (Å²) in [5.74, 6) is -1.50. The molecule has 0 aromatic heterocycles. The van der Waals surface area contributed by atoms with E-state index < -0.39 is 17.9 Å². The third-order valence-corrected chi connectivity index (χ3v) is 5.01. The van der Waals surface area contributed by atoms with Gasteiger partial charge in [0.25, 0.3) is 5.91 Å². The lowest BCUT2D eigenvalue weighted by Crippen LogP contribution is -2.42. The molecule has 142 valence electrons. The molecule has 0 spiro atoms. The Kier molecular flexibility index (Phi) is 6.11. The number of halogens is 1. The number of phenols is 1. The van der Waals surface area contributed by atoms with Crippen LogP contribution in [0.15, 0.2) is 77.3 Å². The number of carbonyl (C=O) groups is 2. The Morgan fingerprint density at radius 1 is 0.929 bits per heavy atom. The fourth-order valence-electron chi connectivity index (χ4n) is 2.92. The van der Waals surface area contributed by atoms with Crippen LogP contribution in [0.4, 0.5) is 0 Å². The van der Waals surface area contributed by atoms with Gasteiger partial charge >= 0.3 is 5.97 Å². The predicted molar refractivity (Wildman–Crippen MR) is 110 cm³/mol. The summed E-state index contributed by atoms with van der Waals surface area (Å²) in [6.07, 6.45) is 0.0743. The molecule has 3 rings (SSSR count). The summed E-state index contributed by atoms with van der Waals surface area (Å²) in [7, 11) is 0. The fraction of sp³-hybridized carbons (Fsp3) is 0.0909. The normalized spacial score (nSPS) is 11.6. The Hall–Kier alpha value is -3.12. The number of nitrogens with one attached hydrogen (secondary N) is 1. The number of carbonyl (C=O) groups excluding carboxylic acids is 1. The SMILES string of the molecule is O=C(N[C@@H](Cc1ccc(O)cc1-c1ccccc1Br)C(=O)O)c1ccccc1. The third-order valence-electron chi connectivity index (χ3n) is 4.32. The van der Waals surface area contributed by atoms with Gasteiger partial charge in [-0.3, -0.25) is 4.79 Å². The number of aromatic hydroxyl groups is 1. The number of hydrogen-bond donors (Lipinski definition) is 3. The highest BCUT2D eigenvalue weighted by Crippen LogP contribution is 2.33. The summed E-state index contributed by atoms with van der Waals surface area (Å²) in [6, 6.07) is 19.6. The molecule has 3 aromatic carbocycles. The average molecular weight is 440 g/mol. The van der Waals surface area contributed by atoms with E-state index in [0.29, 0.717) is 16.7 Å². The summed E-state index contributed by atoms with van der Waals surface area (Å²) in [4.78, 5) is 24.2. The van der Waals surface area contributed by atoms with Crippen LogP contribution in [-0.2, 0) is 11.2 Å². The van der Waals surface area contributed by atoms with E-state index in [1.54, 1.807) is 42.5 Å². The first-order valence-corrected chi connectivity index (χ1v) is 9.40. The van der Waals surface area contributed by atoms with Gasteiger partial charge in [-0.2, -0.15) is 0 Å². The van der Waals surface area contributed by atoms with E-state index in [1.807, 2.05) is 24.3 Å². The zero-order chi connectivity index (χ0) is 20.1. The first-order valence-electron chi connectivity index (χ1n) is 8.61. The molecule has 1 atom stereocenters. The average Bonchev–Trinajstić information content (AvgIpc) is 2.69. The topological polar surface area (TPSA) is 86.6 Å². The molecular formula is C22H18BrNO4. The predicted octanol–water partition coefficient (Wildman–Crippen LogP) is 4.25. The molecule has 0 saturated heterocycles. The van der Waals surface area contributed by atoms with Crippen molar-refractivity contribution in [3.05, 3.63) is 88.4 Å². The lowest BCUT2D eigenvalue weighted by Gasteiger charge is -2.18. The van der Waals surface area contributed by atoms with Gasteiger partial charge in [0.2, 0.25) is 0 Å². The van der Waals surface area contributed by atoms with Gasteiger partial charge in [0, 0.05) is 16.5 Å². The summed E-state index contributed by atoms with van der Waals surface area (Å²) >= 11 is 3.49. The summed E-state index contributed by atoms with van der Waals surface area (Å²) in [5, 5.41) is 22.1. The van der Waals surface area contributed by atoms with Crippen LogP contribution < -0.4 is 5.32 Å². The zero-order valence-corrected chi connectivity index (χ0v) is 16.4. The summed E-state index contributed by atoms with van der Waals surface area (Å²) in [6.45, 7) is 0. The first-order chi connectivity index (χ1) is 13.5. The Bertz CT molecular complexity index is 1000. The van der Waals surface area contributed by atoms with Crippen LogP contribution in [0.25, 0.3) is 11.1 Å². The minimum Gasteiger partial charge on any atom is -0.508 e. The van der Waals surface area contributed by atoms with Crippen LogP contribution in [-0.4, -0.2) is 28.1 Å². The van der Waals surface area contributed by atoms with Crippen LogP contribution in [0.3, 0.4) is 0 Å². The number of aliphatic carboxylic acids is 1. The van der Waals surface area contributed by atoms with Crippen molar-refractivity contribution in [1.82, 2.24) is 5.32 Å². The van der Waals surface area contributed by atoms with Gasteiger partial charge < -0.3 is 15.5 Å². The highest BCUT2D eigenvalue weighted by Gasteiger charge is 2.23. The largest absolute Gasteiger partial charge is 0.508 e. The van der Waals surface area contributed by atoms with Crippen molar-refractivity contribution in [2.45, 2.75) is 12.5 Å². The first kappa shape index (κ1) is 19.6. The van der Waals surface area contributed by atoms with E-state index >= 15 is 0 Å². The lowest BCUT2D eigenvalue weighted by atomic mass is 9.94. The lowest BCUT2D eigenvalue weighted by molar-refractivity contribution is -0.139. The molecule has 0 saturated carbocycles. The van der Waals surface area contributed by atoms with E-state index in [0.717, 1.165) is 10.0 Å². The number of amides is 1. The molecular weight excluding hydrogens is 422 g/mol. The Balaban J connectivity index is 1.91. The molecule has 3 N–H and O–H groups in total. The standard InChI is InChI=1S/C22H18BrNO4/c23-19-9-5-4-8-17(19)18-13-16(25)11-10-15(18)12-20(22(27)28)24-21(26)14-6-2-1-3-7-14/h1-11,13,20,25H,12H2,(H,24,26)(H,27,28)/t20-/m0/s1. The highest BCUT2D eigenvalue weighted by atomic mass is 79.9. The fourth-order valence-corrected chi connectivity index (χ4v) is 3.42. The van der Waals surface area contributed by atoms with Crippen molar-refractivity contribution in [1.29, 1.82) is 0 Å². The minimum atomic E-state index is -1.13. The number of hydrogen-bond acceptors (Lipinski definition) is 3. The van der Waals surface area contributed by atoms with E-state index in [4.69, 9.17) is 0 Å². The Morgan fingerprint density at radius 2 is 1.61 bits per heavy atom. The van der Waals surface area contributed by atoms with Crippen molar-refractivity contribution < 1.29 is 19.8 Å². The van der Waals surface area contributed by atoms with Gasteiger partial charge in [-0.1, -0.05) is 58.4 Å². The molecule has 5 nitrogen and oxygen atoms in total. The maximum Gasteiger partial charge on any atom is 0.326 e. The maximum atomic E-state index is 12.4. The highest BCUT2D eigenvalue weighted by molar-refractivity contribution is 9.10. The van der Waals surface area contributed by atoms with E-state index in [9.17, 15) is 19.8 Å². The van der Waals surface area contributed by atoms with Gasteiger partial charge in [-0.05, 0) is 47.0 Å². The molecule has 0 aliphatic rings. The van der Waals surface area contributed by atoms with Gasteiger partial charge in [0.05, 0.1) is 0 Å². The van der Waals surface area contributed by atoms with Crippen LogP contribution in [0.1, 0.15) is 15.9 Å². The molecule has 0 fully saturated rings. The minimum absolute atomic E-state index is 0.0743. The van der Waals surface area contributed by atoms with Crippen LogP contribution in [0.2, 0.25) is 0 Å². The molecule has 0 aliphatic carbocycles. The second kappa shape index (κ2) is 8.71. The van der Waals surface area contributed by atoms with Crippen molar-refractivity contribution >= 4 is 27.8 Å². The Morgan fingerprint density at radius 3 is 2.29 bits per heavy atom.